The molecule has 1 atom stereocenters. The second-order valence-corrected chi connectivity index (χ2v) is 7.77. The van der Waals surface area contributed by atoms with Crippen molar-refractivity contribution in [3.8, 4) is 17.9 Å². The summed E-state index contributed by atoms with van der Waals surface area (Å²) in [4.78, 5) is 14.5. The molecule has 1 saturated heterocycles. The smallest absolute Gasteiger partial charge is 0.417 e. The van der Waals surface area contributed by atoms with Crippen molar-refractivity contribution in [1.29, 1.82) is 10.5 Å². The van der Waals surface area contributed by atoms with Crippen LogP contribution in [0, 0.1) is 28.1 Å². The molecular formula is C22H18F3N3O2. The van der Waals surface area contributed by atoms with E-state index in [0.717, 1.165) is 12.1 Å². The Bertz CT molecular complexity index is 1060. The Morgan fingerprint density at radius 1 is 1.13 bits per heavy atom. The van der Waals surface area contributed by atoms with Crippen LogP contribution in [0.5, 0.6) is 5.75 Å². The second-order valence-electron chi connectivity index (χ2n) is 7.77. The van der Waals surface area contributed by atoms with Crippen molar-refractivity contribution in [2.75, 3.05) is 6.54 Å². The zero-order chi connectivity index (χ0) is 22.1. The van der Waals surface area contributed by atoms with E-state index >= 15 is 0 Å². The van der Waals surface area contributed by atoms with Crippen LogP contribution in [-0.2, 0) is 17.5 Å². The molecule has 3 rings (SSSR count). The molecule has 0 radical (unpaired) electrons. The fourth-order valence-electron chi connectivity index (χ4n) is 3.53. The van der Waals surface area contributed by atoms with Gasteiger partial charge in [0.1, 0.15) is 5.75 Å². The minimum Gasteiger partial charge on any atom is -0.480 e. The van der Waals surface area contributed by atoms with Gasteiger partial charge in [0.15, 0.2) is 6.10 Å². The molecule has 154 valence electrons. The number of ether oxygens (including phenoxy) is 1. The molecule has 0 aliphatic carbocycles. The Kier molecular flexibility index (Phi) is 5.45. The van der Waals surface area contributed by atoms with Crippen LogP contribution in [0.25, 0.3) is 0 Å². The Morgan fingerprint density at radius 2 is 1.80 bits per heavy atom. The van der Waals surface area contributed by atoms with Crippen molar-refractivity contribution >= 4 is 5.91 Å². The maximum atomic E-state index is 13.2. The predicted molar refractivity (Wildman–Crippen MR) is 101 cm³/mol. The molecule has 0 saturated carbocycles. The number of likely N-dealkylation sites (tertiary alicyclic amines) is 1. The maximum absolute atomic E-state index is 13.2. The van der Waals surface area contributed by atoms with Crippen LogP contribution in [0.15, 0.2) is 42.5 Å². The molecule has 30 heavy (non-hydrogen) atoms. The van der Waals surface area contributed by atoms with Crippen LogP contribution in [0.3, 0.4) is 0 Å². The number of nitriles is 2. The molecule has 0 N–H and O–H groups in total. The molecule has 1 amide bonds. The van der Waals surface area contributed by atoms with Crippen molar-refractivity contribution in [2.24, 2.45) is 5.41 Å². The van der Waals surface area contributed by atoms with Crippen LogP contribution in [-0.4, -0.2) is 23.5 Å². The van der Waals surface area contributed by atoms with Crippen molar-refractivity contribution < 1.29 is 22.7 Å². The van der Waals surface area contributed by atoms with E-state index in [1.54, 1.807) is 38.1 Å². The van der Waals surface area contributed by atoms with Crippen molar-refractivity contribution in [2.45, 2.75) is 32.7 Å². The van der Waals surface area contributed by atoms with Gasteiger partial charge in [0.25, 0.3) is 5.91 Å². The van der Waals surface area contributed by atoms with Crippen molar-refractivity contribution in [3.63, 3.8) is 0 Å². The van der Waals surface area contributed by atoms with E-state index in [4.69, 9.17) is 10.00 Å². The predicted octanol–water partition coefficient (Wildman–Crippen LogP) is 4.26. The number of benzene rings is 2. The van der Waals surface area contributed by atoms with E-state index in [0.29, 0.717) is 17.7 Å². The first-order chi connectivity index (χ1) is 14.1. The molecule has 5 nitrogen and oxygen atoms in total. The van der Waals surface area contributed by atoms with Crippen LogP contribution in [0.2, 0.25) is 0 Å². The number of carbonyl (C=O) groups excluding carboxylic acids is 1. The van der Waals surface area contributed by atoms with Gasteiger partial charge in [-0.25, -0.2) is 0 Å². The summed E-state index contributed by atoms with van der Waals surface area (Å²) >= 11 is 0. The highest BCUT2D eigenvalue weighted by atomic mass is 19.4. The first-order valence-electron chi connectivity index (χ1n) is 9.11. The summed E-state index contributed by atoms with van der Waals surface area (Å²) in [5.74, 6) is -0.502. The zero-order valence-electron chi connectivity index (χ0n) is 16.3. The molecule has 1 aliphatic heterocycles. The molecule has 1 unspecified atom stereocenters. The monoisotopic (exact) mass is 413 g/mol. The summed E-state index contributed by atoms with van der Waals surface area (Å²) < 4.78 is 45.4. The highest BCUT2D eigenvalue weighted by Gasteiger charge is 2.48. The molecule has 1 aliphatic rings. The van der Waals surface area contributed by atoms with Gasteiger partial charge in [0.05, 0.1) is 28.8 Å². The quantitative estimate of drug-likeness (QED) is 0.750. The van der Waals surface area contributed by atoms with Crippen molar-refractivity contribution in [3.05, 3.63) is 64.7 Å². The summed E-state index contributed by atoms with van der Waals surface area (Å²) in [6.07, 6.45) is -5.71. The third-order valence-electron chi connectivity index (χ3n) is 5.01. The van der Waals surface area contributed by atoms with Crippen LogP contribution in [0.4, 0.5) is 13.2 Å². The summed E-state index contributed by atoms with van der Waals surface area (Å²) in [6.45, 7) is 4.10. The lowest BCUT2D eigenvalue weighted by molar-refractivity contribution is -0.138. The lowest BCUT2D eigenvalue weighted by Crippen LogP contribution is -2.36. The number of carbonyl (C=O) groups is 1. The first kappa shape index (κ1) is 21.2. The number of alkyl halides is 3. The van der Waals surface area contributed by atoms with E-state index in [1.165, 1.54) is 17.0 Å². The second kappa shape index (κ2) is 7.72. The standard InChI is InChI=1S/C22H18F3N3O2/c1-21(2)13-28(12-16-6-4-3-5-14(16)10-26)20(29)19(21)30-17-8-7-15(11-27)18(9-17)22(23,24)25/h3-9,19H,12-13H2,1-2H3. The Labute approximate surface area is 171 Å². The molecule has 1 heterocycles. The number of nitrogens with zero attached hydrogens (tertiary/aromatic N) is 3. The average Bonchev–Trinajstić information content (AvgIpc) is 2.90. The van der Waals surface area contributed by atoms with Gasteiger partial charge in [-0.1, -0.05) is 32.0 Å². The molecule has 0 aromatic heterocycles. The molecule has 2 aromatic rings. The van der Waals surface area contributed by atoms with Gasteiger partial charge in [0, 0.05) is 18.5 Å². The number of rotatable bonds is 4. The van der Waals surface area contributed by atoms with Gasteiger partial charge in [-0.3, -0.25) is 4.79 Å². The van der Waals surface area contributed by atoms with E-state index in [9.17, 15) is 23.2 Å². The van der Waals surface area contributed by atoms with Gasteiger partial charge in [-0.15, -0.1) is 0 Å². The number of halogens is 3. The molecular weight excluding hydrogens is 395 g/mol. The molecule has 8 heteroatoms. The number of amides is 1. The van der Waals surface area contributed by atoms with E-state index in [2.05, 4.69) is 6.07 Å². The third kappa shape index (κ3) is 4.08. The zero-order valence-corrected chi connectivity index (χ0v) is 16.3. The van der Waals surface area contributed by atoms with Gasteiger partial charge in [0.2, 0.25) is 0 Å². The Balaban J connectivity index is 1.86. The minimum absolute atomic E-state index is 0.132. The summed E-state index contributed by atoms with van der Waals surface area (Å²) in [5, 5.41) is 18.2. The summed E-state index contributed by atoms with van der Waals surface area (Å²) in [6, 6.07) is 13.5. The molecule has 0 bridgehead atoms. The molecule has 0 spiro atoms. The third-order valence-corrected chi connectivity index (χ3v) is 5.01. The summed E-state index contributed by atoms with van der Waals surface area (Å²) in [5.41, 5.74) is -1.16. The van der Waals surface area contributed by atoms with E-state index in [-0.39, 0.29) is 18.2 Å². The largest absolute Gasteiger partial charge is 0.480 e. The van der Waals surface area contributed by atoms with Gasteiger partial charge < -0.3 is 9.64 Å². The Hall–Kier alpha value is -3.52. The minimum atomic E-state index is -4.72. The highest BCUT2D eigenvalue weighted by molar-refractivity contribution is 5.84. The first-order valence-corrected chi connectivity index (χ1v) is 9.11. The van der Waals surface area contributed by atoms with Crippen molar-refractivity contribution in [1.82, 2.24) is 4.90 Å². The number of hydrogen-bond donors (Lipinski definition) is 0. The average molecular weight is 413 g/mol. The lowest BCUT2D eigenvalue weighted by atomic mass is 9.89. The van der Waals surface area contributed by atoms with E-state index in [1.807, 2.05) is 0 Å². The van der Waals surface area contributed by atoms with Gasteiger partial charge >= 0.3 is 6.18 Å². The summed E-state index contributed by atoms with van der Waals surface area (Å²) in [7, 11) is 0. The van der Waals surface area contributed by atoms with Gasteiger partial charge in [-0.05, 0) is 29.8 Å². The fraction of sp³-hybridized carbons (Fsp3) is 0.318. The van der Waals surface area contributed by atoms with Crippen LogP contribution < -0.4 is 4.74 Å². The molecule has 2 aromatic carbocycles. The van der Waals surface area contributed by atoms with Crippen LogP contribution in [0.1, 0.15) is 36.1 Å². The van der Waals surface area contributed by atoms with Gasteiger partial charge in [-0.2, -0.15) is 23.7 Å². The Morgan fingerprint density at radius 3 is 2.43 bits per heavy atom. The van der Waals surface area contributed by atoms with Crippen LogP contribution >= 0.6 is 0 Å². The lowest BCUT2D eigenvalue weighted by Gasteiger charge is -2.24. The van der Waals surface area contributed by atoms with E-state index < -0.39 is 28.8 Å². The topological polar surface area (TPSA) is 77.1 Å². The fourth-order valence-corrected chi connectivity index (χ4v) is 3.53. The number of hydrogen-bond acceptors (Lipinski definition) is 4. The SMILES string of the molecule is CC1(C)CN(Cc2ccccc2C#N)C(=O)C1Oc1ccc(C#N)c(C(F)(F)F)c1. The maximum Gasteiger partial charge on any atom is 0.417 e. The normalized spacial score (nSPS) is 18.0. The molecule has 1 fully saturated rings. The highest BCUT2D eigenvalue weighted by Crippen LogP contribution is 2.38.